The van der Waals surface area contributed by atoms with Crippen molar-refractivity contribution in [1.29, 1.82) is 0 Å². The third-order valence-corrected chi connectivity index (χ3v) is 1.40. The number of rotatable bonds is 1. The van der Waals surface area contributed by atoms with Crippen LogP contribution in [0, 0.1) is 0 Å². The smallest absolute Gasteiger partial charge is 0.0797 e. The van der Waals surface area contributed by atoms with Gasteiger partial charge in [0.15, 0.2) is 0 Å². The number of hydrogen-bond donors (Lipinski definition) is 1. The fourth-order valence-electron chi connectivity index (χ4n) is 0.353. The lowest BCUT2D eigenvalue weighted by atomic mass is 10.0. The van der Waals surface area contributed by atoms with Crippen molar-refractivity contribution in [2.45, 2.75) is 33.3 Å². The molecule has 0 spiro atoms. The van der Waals surface area contributed by atoms with Crippen LogP contribution in [0.5, 0.6) is 0 Å². The van der Waals surface area contributed by atoms with Crippen molar-refractivity contribution in [3.05, 3.63) is 11.6 Å². The van der Waals surface area contributed by atoms with Gasteiger partial charge in [-0.25, -0.2) is 0 Å². The van der Waals surface area contributed by atoms with Crippen molar-refractivity contribution in [1.82, 2.24) is 0 Å². The van der Waals surface area contributed by atoms with Gasteiger partial charge in [0.2, 0.25) is 0 Å². The molecule has 0 unspecified atom stereocenters. The molecule has 8 heavy (non-hydrogen) atoms. The molecule has 0 aliphatic heterocycles. The first-order valence-electron chi connectivity index (χ1n) is 2.84. The second-order valence-corrected chi connectivity index (χ2v) is 2.53. The van der Waals surface area contributed by atoms with Gasteiger partial charge in [-0.2, -0.15) is 0 Å². The van der Waals surface area contributed by atoms with Crippen molar-refractivity contribution in [3.63, 3.8) is 0 Å². The topological polar surface area (TPSA) is 20.2 Å². The van der Waals surface area contributed by atoms with Crippen molar-refractivity contribution >= 4 is 0 Å². The second kappa shape index (κ2) is 2.31. The Bertz CT molecular complexity index is 95.4. The van der Waals surface area contributed by atoms with Crippen molar-refractivity contribution in [3.8, 4) is 0 Å². The molecule has 0 aliphatic rings. The molecular weight excluding hydrogens is 100 g/mol. The lowest BCUT2D eigenvalue weighted by molar-refractivity contribution is 0.120. The van der Waals surface area contributed by atoms with E-state index < -0.39 is 5.60 Å². The van der Waals surface area contributed by atoms with Gasteiger partial charge in [0, 0.05) is 0 Å². The molecule has 0 atom stereocenters. The Morgan fingerprint density at radius 2 is 1.88 bits per heavy atom. The largest absolute Gasteiger partial charge is 0.386 e. The minimum absolute atomic E-state index is 0.630. The quantitative estimate of drug-likeness (QED) is 0.515. The van der Waals surface area contributed by atoms with E-state index in [2.05, 4.69) is 0 Å². The SMILES string of the molecule is CC=C(C)C(C)(C)O. The predicted octanol–water partition coefficient (Wildman–Crippen LogP) is 1.72. The van der Waals surface area contributed by atoms with Crippen LogP contribution in [0.25, 0.3) is 0 Å². The second-order valence-electron chi connectivity index (χ2n) is 2.53. The first-order chi connectivity index (χ1) is 3.48. The highest BCUT2D eigenvalue weighted by Crippen LogP contribution is 2.12. The van der Waals surface area contributed by atoms with E-state index in [1.807, 2.05) is 19.9 Å². The fourth-order valence-corrected chi connectivity index (χ4v) is 0.353. The highest BCUT2D eigenvalue weighted by atomic mass is 16.3. The molecule has 0 saturated heterocycles. The van der Waals surface area contributed by atoms with Gasteiger partial charge in [-0.1, -0.05) is 6.08 Å². The van der Waals surface area contributed by atoms with Crippen molar-refractivity contribution < 1.29 is 5.11 Å². The molecule has 0 aliphatic carbocycles. The molecular formula is C7H14O. The summed E-state index contributed by atoms with van der Waals surface area (Å²) >= 11 is 0. The van der Waals surface area contributed by atoms with Crippen molar-refractivity contribution in [2.24, 2.45) is 0 Å². The standard InChI is InChI=1S/C7H14O/c1-5-6(2)7(3,4)8/h5,8H,1-4H3. The average molecular weight is 114 g/mol. The highest BCUT2D eigenvalue weighted by Gasteiger charge is 2.12. The summed E-state index contributed by atoms with van der Waals surface area (Å²) in [6.45, 7) is 7.40. The zero-order valence-electron chi connectivity index (χ0n) is 6.02. The van der Waals surface area contributed by atoms with Gasteiger partial charge in [-0.3, -0.25) is 0 Å². The van der Waals surface area contributed by atoms with E-state index in [0.717, 1.165) is 5.57 Å². The Morgan fingerprint density at radius 3 is 1.88 bits per heavy atom. The van der Waals surface area contributed by atoms with E-state index in [1.165, 1.54) is 0 Å². The molecule has 0 heterocycles. The van der Waals surface area contributed by atoms with Crippen molar-refractivity contribution in [2.75, 3.05) is 0 Å². The van der Waals surface area contributed by atoms with E-state index >= 15 is 0 Å². The van der Waals surface area contributed by atoms with Crippen LogP contribution in [0.3, 0.4) is 0 Å². The predicted molar refractivity (Wildman–Crippen MR) is 35.7 cm³/mol. The van der Waals surface area contributed by atoms with Crippen LogP contribution in [0.1, 0.15) is 27.7 Å². The maximum Gasteiger partial charge on any atom is 0.0797 e. The summed E-state index contributed by atoms with van der Waals surface area (Å²) in [5, 5.41) is 9.22. The third kappa shape index (κ3) is 2.12. The van der Waals surface area contributed by atoms with E-state index in [1.54, 1.807) is 13.8 Å². The van der Waals surface area contributed by atoms with Gasteiger partial charge in [0.25, 0.3) is 0 Å². The van der Waals surface area contributed by atoms with E-state index in [9.17, 15) is 5.11 Å². The van der Waals surface area contributed by atoms with Gasteiger partial charge < -0.3 is 5.11 Å². The number of allylic oxidation sites excluding steroid dienone is 1. The Kier molecular flexibility index (Phi) is 2.23. The molecule has 48 valence electrons. The maximum atomic E-state index is 9.22. The summed E-state index contributed by atoms with van der Waals surface area (Å²) in [6.07, 6.45) is 1.92. The first-order valence-corrected chi connectivity index (χ1v) is 2.84. The lowest BCUT2D eigenvalue weighted by Gasteiger charge is -2.17. The molecule has 0 aromatic carbocycles. The summed E-state index contributed by atoms with van der Waals surface area (Å²) in [5.74, 6) is 0. The Balaban J connectivity index is 4.03. The summed E-state index contributed by atoms with van der Waals surface area (Å²) < 4.78 is 0. The van der Waals surface area contributed by atoms with E-state index in [4.69, 9.17) is 0 Å². The Labute approximate surface area is 51.0 Å². The molecule has 0 rings (SSSR count). The summed E-state index contributed by atoms with van der Waals surface area (Å²) in [6, 6.07) is 0. The molecule has 1 N–H and O–H groups in total. The van der Waals surface area contributed by atoms with Gasteiger partial charge in [0.1, 0.15) is 0 Å². The minimum atomic E-state index is -0.630. The van der Waals surface area contributed by atoms with Crippen LogP contribution >= 0.6 is 0 Å². The van der Waals surface area contributed by atoms with Crippen LogP contribution < -0.4 is 0 Å². The van der Waals surface area contributed by atoms with E-state index in [-0.39, 0.29) is 0 Å². The van der Waals surface area contributed by atoms with Crippen LogP contribution in [0.15, 0.2) is 11.6 Å². The monoisotopic (exact) mass is 114 g/mol. The molecule has 0 amide bonds. The number of aliphatic hydroxyl groups is 1. The lowest BCUT2D eigenvalue weighted by Crippen LogP contribution is -2.19. The number of hydrogen-bond acceptors (Lipinski definition) is 1. The highest BCUT2D eigenvalue weighted by molar-refractivity contribution is 5.08. The average Bonchev–Trinajstić information content (AvgIpc) is 1.62. The fraction of sp³-hybridized carbons (Fsp3) is 0.714. The van der Waals surface area contributed by atoms with Gasteiger partial charge in [-0.15, -0.1) is 0 Å². The van der Waals surface area contributed by atoms with Crippen LogP contribution in [0.4, 0.5) is 0 Å². The molecule has 0 aromatic rings. The van der Waals surface area contributed by atoms with Gasteiger partial charge in [-0.05, 0) is 33.3 Å². The van der Waals surface area contributed by atoms with Crippen LogP contribution in [0.2, 0.25) is 0 Å². The third-order valence-electron chi connectivity index (χ3n) is 1.40. The molecule has 0 radical (unpaired) electrons. The van der Waals surface area contributed by atoms with Crippen LogP contribution in [-0.2, 0) is 0 Å². The molecule has 0 saturated carbocycles. The van der Waals surface area contributed by atoms with Crippen LogP contribution in [-0.4, -0.2) is 10.7 Å². The zero-order chi connectivity index (χ0) is 6.78. The first kappa shape index (κ1) is 7.70. The molecule has 0 bridgehead atoms. The molecule has 1 nitrogen and oxygen atoms in total. The summed E-state index contributed by atoms with van der Waals surface area (Å²) in [7, 11) is 0. The summed E-state index contributed by atoms with van der Waals surface area (Å²) in [5.41, 5.74) is 0.381. The zero-order valence-corrected chi connectivity index (χ0v) is 6.02. The Hall–Kier alpha value is -0.300. The van der Waals surface area contributed by atoms with E-state index in [0.29, 0.717) is 0 Å². The summed E-state index contributed by atoms with van der Waals surface area (Å²) in [4.78, 5) is 0. The molecule has 0 fully saturated rings. The van der Waals surface area contributed by atoms with Gasteiger partial charge in [0.05, 0.1) is 5.60 Å². The molecule has 1 heteroatoms. The van der Waals surface area contributed by atoms with Gasteiger partial charge >= 0.3 is 0 Å². The minimum Gasteiger partial charge on any atom is -0.386 e. The molecule has 0 aromatic heterocycles. The Morgan fingerprint density at radius 1 is 1.50 bits per heavy atom. The normalized spacial score (nSPS) is 14.4. The maximum absolute atomic E-state index is 9.22.